The Balaban J connectivity index is 0.892. The number of unbranched alkanes of at least 4 members (excludes halogenated alkanes) is 2. The number of aliphatic hydroxyl groups excluding tert-OH is 1. The van der Waals surface area contributed by atoms with E-state index < -0.39 is 138 Å². The maximum atomic E-state index is 13.8. The molecule has 3 aliphatic rings. The van der Waals surface area contributed by atoms with Crippen molar-refractivity contribution in [1.29, 1.82) is 5.41 Å². The van der Waals surface area contributed by atoms with Gasteiger partial charge in [0, 0.05) is 53.3 Å². The molecule has 2 aliphatic heterocycles. The number of carbonyl (C=O) groups excluding carboxylic acids is 2. The molecule has 0 bridgehead atoms. The van der Waals surface area contributed by atoms with Crippen LogP contribution in [0.25, 0.3) is 33.4 Å². The molecule has 88 heavy (non-hydrogen) atoms. The van der Waals surface area contributed by atoms with Crippen molar-refractivity contribution in [3.8, 4) is 22.5 Å². The summed E-state index contributed by atoms with van der Waals surface area (Å²) in [5, 5.41) is 34.5. The lowest BCUT2D eigenvalue weighted by molar-refractivity contribution is -0.122. The summed E-state index contributed by atoms with van der Waals surface area (Å²) in [6, 6.07) is 9.48. The molecule has 1 unspecified atom stereocenters. The molecule has 3 heterocycles. The molecule has 1 aromatic heterocycles. The summed E-state index contributed by atoms with van der Waals surface area (Å²) in [4.78, 5) is 90.2. The number of nitrogen functional groups attached to an aromatic ring is 1. The van der Waals surface area contributed by atoms with E-state index in [9.17, 15) is 78.1 Å². The van der Waals surface area contributed by atoms with Gasteiger partial charge in [0.05, 0.1) is 81.9 Å². The zero-order valence-corrected chi connectivity index (χ0v) is 50.5. The molecule has 3 aromatic rings. The zero-order chi connectivity index (χ0) is 64.8. The number of aromatic nitrogens is 2. The number of nitrogens with two attached hydrogens (primary N) is 1. The summed E-state index contributed by atoms with van der Waals surface area (Å²) in [5.41, 5.74) is 3.66. The second kappa shape index (κ2) is 31.1. The van der Waals surface area contributed by atoms with Gasteiger partial charge in [0.2, 0.25) is 5.91 Å². The molecular weight excluding hydrogens is 1280 g/mol. The van der Waals surface area contributed by atoms with Crippen LogP contribution < -0.4 is 27.4 Å². The first-order chi connectivity index (χ1) is 41.3. The van der Waals surface area contributed by atoms with Crippen molar-refractivity contribution in [2.75, 3.05) is 89.8 Å². The largest absolute Gasteiger partial charge is 0.478 e. The number of phosphoric acid groups is 2. The molecule has 34 nitrogen and oxygen atoms in total. The van der Waals surface area contributed by atoms with Crippen LogP contribution in [-0.2, 0) is 83.2 Å². The van der Waals surface area contributed by atoms with Crippen LogP contribution in [0.15, 0.2) is 73.7 Å². The highest BCUT2D eigenvalue weighted by Gasteiger charge is 2.49. The molecule has 0 saturated carbocycles. The van der Waals surface area contributed by atoms with Crippen LogP contribution in [0.4, 0.5) is 5.82 Å². The van der Waals surface area contributed by atoms with Crippen LogP contribution in [0.2, 0.25) is 0 Å². The van der Waals surface area contributed by atoms with E-state index in [-0.39, 0.29) is 149 Å². The molecule has 2 aromatic carbocycles. The number of carbonyl (C=O) groups is 3. The van der Waals surface area contributed by atoms with E-state index in [0.29, 0.717) is 0 Å². The van der Waals surface area contributed by atoms with Crippen LogP contribution in [0.5, 0.6) is 0 Å². The molecule has 1 aliphatic carbocycles. The summed E-state index contributed by atoms with van der Waals surface area (Å²) in [6.07, 6.45) is -5.77. The third kappa shape index (κ3) is 20.5. The van der Waals surface area contributed by atoms with Gasteiger partial charge in [0.15, 0.2) is 27.4 Å². The van der Waals surface area contributed by atoms with Crippen molar-refractivity contribution in [3.05, 3.63) is 87.3 Å². The number of carboxylic acids is 1. The predicted molar refractivity (Wildman–Crippen MR) is 303 cm³/mol. The standard InChI is InChI=1S/C49H64N6O28P2S3/c50-35-12-11-33-39(32-7-4-8-37(88(73,74)75)41(32)82-42(33)44(35)86(68,69)24-2-1-3-25-87(70,71)72)31-10-9-29(26-34(31)48(59)60)46(58)53-15-17-77-19-21-79-23-22-78-20-18-76-16-13-38(56)52-14-5-6-30-27-55(49(61)54-45(30)51)47-40(57)43(83-85(65,66)67)36(81-47)28-80-84(62,63)64/h4,7-12,26-27,36,40,43,47,50,57H,1-3,5-6,13-25,28H2,(H,52,56)(H,53,58)(H,59,60)(H2,51,54,61)(H2,62,63,64)(H2,65,66,67)(H,70,71,72)(H,73,74,75)/t36-,40?,43+,47-/m1/s1. The van der Waals surface area contributed by atoms with Gasteiger partial charge in [-0.1, -0.05) is 24.6 Å². The van der Waals surface area contributed by atoms with Gasteiger partial charge in [-0.3, -0.25) is 37.7 Å². The van der Waals surface area contributed by atoms with Crippen LogP contribution in [0.3, 0.4) is 0 Å². The summed E-state index contributed by atoms with van der Waals surface area (Å²) in [5.74, 6) is -4.60. The third-order valence-electron chi connectivity index (χ3n) is 12.9. The molecule has 0 spiro atoms. The van der Waals surface area contributed by atoms with Crippen molar-refractivity contribution < 1.29 is 125 Å². The Hall–Kier alpha value is -6.03. The third-order valence-corrected chi connectivity index (χ3v) is 17.4. The normalized spacial score (nSPS) is 16.8. The van der Waals surface area contributed by atoms with E-state index in [0.717, 1.165) is 22.8 Å². The number of aryl methyl sites for hydroxylation is 1. The van der Waals surface area contributed by atoms with Gasteiger partial charge in [-0.05, 0) is 61.6 Å². The molecule has 486 valence electrons. The minimum absolute atomic E-state index is 0.00372. The van der Waals surface area contributed by atoms with Gasteiger partial charge >= 0.3 is 27.3 Å². The molecule has 2 amide bonds. The summed E-state index contributed by atoms with van der Waals surface area (Å²) in [7, 11) is -24.2. The van der Waals surface area contributed by atoms with Gasteiger partial charge in [0.25, 0.3) is 26.1 Å². The highest BCUT2D eigenvalue weighted by atomic mass is 32.2. The number of hydrogen-bond donors (Lipinski definition) is 12. The van der Waals surface area contributed by atoms with Crippen LogP contribution in [-0.4, -0.2) is 194 Å². The molecule has 4 atom stereocenters. The average Bonchev–Trinajstić information content (AvgIpc) is 0.858. The first-order valence-electron chi connectivity index (χ1n) is 26.4. The number of rotatable bonds is 36. The van der Waals surface area contributed by atoms with E-state index in [2.05, 4.69) is 24.7 Å². The molecule has 13 N–H and O–H groups in total. The fraction of sp³-hybridized carbons (Fsp3) is 0.469. The number of nitrogens with zero attached hydrogens (tertiary/aromatic N) is 2. The monoisotopic (exact) mass is 1340 g/mol. The van der Waals surface area contributed by atoms with E-state index in [4.69, 9.17) is 53.6 Å². The quantitative estimate of drug-likeness (QED) is 0.0112. The Bertz CT molecular complexity index is 3860. The maximum Gasteiger partial charge on any atom is 0.470 e. The highest BCUT2D eigenvalue weighted by molar-refractivity contribution is 7.91. The van der Waals surface area contributed by atoms with E-state index in [1.807, 2.05) is 0 Å². The van der Waals surface area contributed by atoms with Crippen LogP contribution in [0, 0.1) is 5.41 Å². The molecular formula is C49H64N6O28P2S3. The topological polar surface area (TPSA) is 536 Å². The smallest absolute Gasteiger partial charge is 0.470 e. The number of aromatic carboxylic acids is 1. The second-order valence-corrected chi connectivity index (χ2v) is 26.7. The van der Waals surface area contributed by atoms with Crippen LogP contribution in [0.1, 0.15) is 64.6 Å². The van der Waals surface area contributed by atoms with Crippen molar-refractivity contribution >= 4 is 80.3 Å². The van der Waals surface area contributed by atoms with Gasteiger partial charge in [-0.15, -0.1) is 0 Å². The van der Waals surface area contributed by atoms with Crippen molar-refractivity contribution in [2.24, 2.45) is 0 Å². The van der Waals surface area contributed by atoms with E-state index in [1.165, 1.54) is 36.5 Å². The first kappa shape index (κ1) is 71.1. The number of ether oxygens (including phenoxy) is 5. The average molecular weight is 1340 g/mol. The molecule has 1 fully saturated rings. The number of phosphoric ester groups is 2. The lowest BCUT2D eigenvalue weighted by atomic mass is 9.89. The number of hydrogen-bond acceptors (Lipinski definition) is 24. The molecule has 1 saturated heterocycles. The molecule has 6 rings (SSSR count). The Kier molecular flexibility index (Phi) is 25.1. The van der Waals surface area contributed by atoms with Gasteiger partial charge in [-0.25, -0.2) is 27.1 Å². The number of aliphatic hydroxyl groups is 1. The highest BCUT2D eigenvalue weighted by Crippen LogP contribution is 2.47. The fourth-order valence-corrected chi connectivity index (χ4v) is 12.7. The first-order valence-corrected chi connectivity index (χ1v) is 34.1. The fourth-order valence-electron chi connectivity index (χ4n) is 8.96. The lowest BCUT2D eigenvalue weighted by Gasteiger charge is -2.21. The van der Waals surface area contributed by atoms with Crippen molar-refractivity contribution in [1.82, 2.24) is 20.2 Å². The number of para-hydroxylation sites is 1. The van der Waals surface area contributed by atoms with E-state index >= 15 is 0 Å². The minimum atomic E-state index is -5.29. The number of fused-ring (bicyclic) bond motifs is 2. The Morgan fingerprint density at radius 2 is 1.42 bits per heavy atom. The number of sulfone groups is 1. The van der Waals surface area contributed by atoms with Crippen molar-refractivity contribution in [3.63, 3.8) is 0 Å². The Morgan fingerprint density at radius 1 is 0.784 bits per heavy atom. The van der Waals surface area contributed by atoms with Crippen molar-refractivity contribution in [2.45, 2.75) is 72.9 Å². The predicted octanol–water partition coefficient (Wildman–Crippen LogP) is 0.380. The number of anilines is 1. The SMILES string of the molecule is N=c1ccc2c(-c3ccc(C(=O)NCCOCCOCCOCCOCCC(=O)NCCCc4cn([C@@H]5O[C@H](COP(=O)(O)O)[C@H](OP(=O)(O)O)C5O)c(=O)nc4N)cc3C(=O)O)c3cccc(S(=O)(=O)O)c3oc-2c1S(=O)(=O)CCCCCS(=O)(=O)O. The Labute approximate surface area is 501 Å². The molecule has 0 radical (unpaired) electrons. The number of carboxylic acid groups (broad SMARTS) is 1. The molecule has 39 heteroatoms. The lowest BCUT2D eigenvalue weighted by Crippen LogP contribution is -2.38. The number of benzene rings is 3. The van der Waals surface area contributed by atoms with Gasteiger partial charge in [-0.2, -0.15) is 21.8 Å². The summed E-state index contributed by atoms with van der Waals surface area (Å²) in [6.45, 7) is 0.238. The van der Waals surface area contributed by atoms with Gasteiger partial charge < -0.3 is 74.3 Å². The summed E-state index contributed by atoms with van der Waals surface area (Å²) < 4.78 is 160. The Morgan fingerprint density at radius 3 is 2.05 bits per heavy atom. The summed E-state index contributed by atoms with van der Waals surface area (Å²) >= 11 is 0. The maximum absolute atomic E-state index is 13.8. The van der Waals surface area contributed by atoms with Gasteiger partial charge in [0.1, 0.15) is 33.9 Å². The van der Waals surface area contributed by atoms with E-state index in [1.54, 1.807) is 0 Å². The minimum Gasteiger partial charge on any atom is -0.478 e. The van der Waals surface area contributed by atoms with Crippen LogP contribution >= 0.6 is 15.6 Å². The number of nitrogens with one attached hydrogen (secondary N) is 3. The number of amides is 2. The zero-order valence-electron chi connectivity index (χ0n) is 46.3. The second-order valence-electron chi connectivity index (χ2n) is 19.3.